The van der Waals surface area contributed by atoms with Crippen LogP contribution in [0.25, 0.3) is 10.9 Å². The molecular weight excluding hydrogens is 393 g/mol. The number of nitrogens with zero attached hydrogens (tertiary/aromatic N) is 1. The maximum absolute atomic E-state index is 14.4. The summed E-state index contributed by atoms with van der Waals surface area (Å²) in [6.07, 6.45) is 6.27. The van der Waals surface area contributed by atoms with Gasteiger partial charge in [-0.05, 0) is 44.4 Å². The number of amides is 1. The lowest BCUT2D eigenvalue weighted by Gasteiger charge is -2.28. The smallest absolute Gasteiger partial charge is 0.261 e. The number of rotatable bonds is 7. The van der Waals surface area contributed by atoms with Crippen LogP contribution in [0.15, 0.2) is 16.9 Å². The van der Waals surface area contributed by atoms with E-state index in [1.807, 2.05) is 0 Å². The van der Waals surface area contributed by atoms with E-state index < -0.39 is 11.4 Å². The van der Waals surface area contributed by atoms with Crippen molar-refractivity contribution in [2.75, 3.05) is 6.61 Å². The highest BCUT2D eigenvalue weighted by molar-refractivity contribution is 7.99. The number of carbonyl (C=O) groups excluding carboxylic acids is 1. The van der Waals surface area contributed by atoms with Crippen molar-refractivity contribution in [3.63, 3.8) is 0 Å². The maximum atomic E-state index is 14.4. The van der Waals surface area contributed by atoms with Crippen LogP contribution in [0.1, 0.15) is 51.3 Å². The number of H-pyrrole nitrogens is 1. The van der Waals surface area contributed by atoms with Crippen LogP contribution in [-0.2, 0) is 10.5 Å². The van der Waals surface area contributed by atoms with Crippen molar-refractivity contribution in [2.24, 2.45) is 5.92 Å². The number of aromatic amines is 1. The third-order valence-corrected chi connectivity index (χ3v) is 6.89. The number of carbonyl (C=O) groups is 1. The van der Waals surface area contributed by atoms with Gasteiger partial charge in [0.25, 0.3) is 5.56 Å². The molecule has 1 heterocycles. The maximum Gasteiger partial charge on any atom is 0.261 e. The number of ether oxygens (including phenoxy) is 1. The summed E-state index contributed by atoms with van der Waals surface area (Å²) in [5, 5.41) is 3.42. The van der Waals surface area contributed by atoms with Gasteiger partial charge in [-0.15, -0.1) is 0 Å². The fourth-order valence-electron chi connectivity index (χ4n) is 3.76. The summed E-state index contributed by atoms with van der Waals surface area (Å²) in [4.78, 5) is 30.8. The van der Waals surface area contributed by atoms with Crippen LogP contribution in [0.2, 0.25) is 0 Å². The Morgan fingerprint density at radius 1 is 1.28 bits per heavy atom. The minimum atomic E-state index is -0.599. The molecule has 0 aliphatic heterocycles. The van der Waals surface area contributed by atoms with Gasteiger partial charge < -0.3 is 15.0 Å². The van der Waals surface area contributed by atoms with Crippen LogP contribution in [0.5, 0.6) is 5.75 Å². The molecule has 1 aromatic carbocycles. The number of aromatic nitrogens is 2. The van der Waals surface area contributed by atoms with Crippen LogP contribution in [0.4, 0.5) is 4.39 Å². The highest BCUT2D eigenvalue weighted by atomic mass is 32.2. The predicted molar refractivity (Wildman–Crippen MR) is 112 cm³/mol. The quantitative estimate of drug-likeness (QED) is 0.717. The molecule has 156 valence electrons. The Bertz CT molecular complexity index is 952. The zero-order chi connectivity index (χ0) is 20.4. The Morgan fingerprint density at radius 3 is 2.72 bits per heavy atom. The van der Waals surface area contributed by atoms with Crippen molar-refractivity contribution >= 4 is 28.6 Å². The van der Waals surface area contributed by atoms with E-state index in [9.17, 15) is 14.0 Å². The van der Waals surface area contributed by atoms with Gasteiger partial charge in [0.15, 0.2) is 0 Å². The third-order valence-electron chi connectivity index (χ3n) is 5.50. The molecule has 0 bridgehead atoms. The molecule has 6 nitrogen and oxygen atoms in total. The van der Waals surface area contributed by atoms with E-state index in [2.05, 4.69) is 15.3 Å². The summed E-state index contributed by atoms with van der Waals surface area (Å²) in [5.41, 5.74) is -0.115. The summed E-state index contributed by atoms with van der Waals surface area (Å²) in [6.45, 7) is 2.13. The van der Waals surface area contributed by atoms with Crippen LogP contribution in [0.3, 0.4) is 0 Å². The Kier molecular flexibility index (Phi) is 6.08. The zero-order valence-electron chi connectivity index (χ0n) is 16.5. The molecule has 2 aromatic rings. The number of benzene rings is 1. The molecule has 1 aromatic heterocycles. The first-order chi connectivity index (χ1) is 14.0. The average molecular weight is 420 g/mol. The Balaban J connectivity index is 1.41. The van der Waals surface area contributed by atoms with Gasteiger partial charge >= 0.3 is 0 Å². The first kappa shape index (κ1) is 20.2. The molecule has 0 unspecified atom stereocenters. The molecule has 2 aliphatic carbocycles. The normalized spacial score (nSPS) is 21.9. The Labute approximate surface area is 173 Å². The van der Waals surface area contributed by atoms with Gasteiger partial charge in [-0.25, -0.2) is 9.37 Å². The van der Waals surface area contributed by atoms with Gasteiger partial charge in [0.2, 0.25) is 5.91 Å². The molecule has 0 atom stereocenters. The lowest BCUT2D eigenvalue weighted by molar-refractivity contribution is -0.119. The highest BCUT2D eigenvalue weighted by Crippen LogP contribution is 2.32. The van der Waals surface area contributed by atoms with Crippen molar-refractivity contribution in [2.45, 2.75) is 62.5 Å². The van der Waals surface area contributed by atoms with Crippen molar-refractivity contribution in [1.82, 2.24) is 15.3 Å². The van der Waals surface area contributed by atoms with E-state index >= 15 is 0 Å². The second-order valence-electron chi connectivity index (χ2n) is 8.05. The minimum absolute atomic E-state index is 0.0201. The van der Waals surface area contributed by atoms with E-state index in [0.29, 0.717) is 40.6 Å². The molecule has 8 heteroatoms. The summed E-state index contributed by atoms with van der Waals surface area (Å²) >= 11 is 1.75. The van der Waals surface area contributed by atoms with E-state index in [0.717, 1.165) is 38.5 Å². The van der Waals surface area contributed by atoms with Crippen LogP contribution in [-0.4, -0.2) is 33.8 Å². The first-order valence-electron chi connectivity index (χ1n) is 10.2. The molecule has 2 fully saturated rings. The third kappa shape index (κ3) is 5.29. The van der Waals surface area contributed by atoms with Gasteiger partial charge in [0.05, 0.1) is 17.9 Å². The van der Waals surface area contributed by atoms with Crippen LogP contribution in [0, 0.1) is 11.7 Å². The molecule has 0 spiro atoms. The van der Waals surface area contributed by atoms with E-state index in [4.69, 9.17) is 4.74 Å². The van der Waals surface area contributed by atoms with Gasteiger partial charge in [-0.1, -0.05) is 0 Å². The lowest BCUT2D eigenvalue weighted by Crippen LogP contribution is -2.36. The highest BCUT2D eigenvalue weighted by Gasteiger charge is 2.23. The minimum Gasteiger partial charge on any atom is -0.493 e. The number of thioether (sulfide) groups is 1. The fraction of sp³-hybridized carbons (Fsp3) is 0.571. The average Bonchev–Trinajstić information content (AvgIpc) is 3.49. The fourth-order valence-corrected chi connectivity index (χ4v) is 4.89. The molecule has 0 radical (unpaired) electrons. The largest absolute Gasteiger partial charge is 0.493 e. The molecule has 0 saturated heterocycles. The zero-order valence-corrected chi connectivity index (χ0v) is 17.3. The topological polar surface area (TPSA) is 84.1 Å². The molecule has 2 saturated carbocycles. The standard InChI is InChI=1S/C21H26FN3O3S/c1-12(26)23-14-4-6-16(7-5-14)29-11-19-24-18-9-15(28-10-13-2-3-13)8-17(22)20(18)21(27)25-19/h8-9,13-14,16H,2-7,10-11H2,1H3,(H,23,26)(H,24,25,27)/t14-,16-. The summed E-state index contributed by atoms with van der Waals surface area (Å²) < 4.78 is 20.1. The number of fused-ring (bicyclic) bond motifs is 1. The SMILES string of the molecule is CC(=O)N[C@H]1CC[C@H](SCc2nc3cc(OCC4CC4)cc(F)c3c(=O)[nH]2)CC1. The monoisotopic (exact) mass is 419 g/mol. The van der Waals surface area contributed by atoms with Gasteiger partial charge in [0.1, 0.15) is 22.8 Å². The molecule has 2 aliphatic rings. The van der Waals surface area contributed by atoms with Crippen LogP contribution >= 0.6 is 11.8 Å². The van der Waals surface area contributed by atoms with E-state index in [-0.39, 0.29) is 17.3 Å². The predicted octanol–water partition coefficient (Wildman–Crippen LogP) is 3.53. The molecular formula is C21H26FN3O3S. The first-order valence-corrected chi connectivity index (χ1v) is 11.3. The second kappa shape index (κ2) is 8.73. The second-order valence-corrected chi connectivity index (χ2v) is 9.34. The molecule has 1 amide bonds. The van der Waals surface area contributed by atoms with Gasteiger partial charge in [-0.2, -0.15) is 11.8 Å². The summed E-state index contributed by atoms with van der Waals surface area (Å²) in [5.74, 6) is 1.53. The number of hydrogen-bond donors (Lipinski definition) is 2. The van der Waals surface area contributed by atoms with Crippen molar-refractivity contribution in [3.05, 3.63) is 34.1 Å². The summed E-state index contributed by atoms with van der Waals surface area (Å²) in [6, 6.07) is 3.19. The summed E-state index contributed by atoms with van der Waals surface area (Å²) in [7, 11) is 0. The van der Waals surface area contributed by atoms with Crippen molar-refractivity contribution in [3.8, 4) is 5.75 Å². The Morgan fingerprint density at radius 2 is 2.03 bits per heavy atom. The van der Waals surface area contributed by atoms with Gasteiger partial charge in [0, 0.05) is 30.3 Å². The number of nitrogens with one attached hydrogen (secondary N) is 2. The molecule has 2 N–H and O–H groups in total. The van der Waals surface area contributed by atoms with Gasteiger partial charge in [-0.3, -0.25) is 9.59 Å². The number of hydrogen-bond acceptors (Lipinski definition) is 5. The lowest BCUT2D eigenvalue weighted by atomic mass is 9.95. The van der Waals surface area contributed by atoms with Crippen molar-refractivity contribution < 1.29 is 13.9 Å². The Hall–Kier alpha value is -2.09. The molecule has 29 heavy (non-hydrogen) atoms. The van der Waals surface area contributed by atoms with Crippen molar-refractivity contribution in [1.29, 1.82) is 0 Å². The van der Waals surface area contributed by atoms with Crippen LogP contribution < -0.4 is 15.6 Å². The van der Waals surface area contributed by atoms with E-state index in [1.165, 1.54) is 6.07 Å². The number of halogens is 1. The molecule has 4 rings (SSSR count). The van der Waals surface area contributed by atoms with E-state index in [1.54, 1.807) is 24.8 Å².